The molecule has 1 fully saturated rings. The van der Waals surface area contributed by atoms with Gasteiger partial charge in [0.15, 0.2) is 0 Å². The average molecular weight is 260 g/mol. The van der Waals surface area contributed by atoms with Gasteiger partial charge in [-0.05, 0) is 24.9 Å². The lowest BCUT2D eigenvalue weighted by Gasteiger charge is -2.15. The molecule has 2 N–H and O–H groups in total. The van der Waals surface area contributed by atoms with Crippen LogP contribution in [0.4, 0.5) is 0 Å². The summed E-state index contributed by atoms with van der Waals surface area (Å²) in [6.07, 6.45) is 1.03. The smallest absolute Gasteiger partial charge is 0.255 e. The van der Waals surface area contributed by atoms with Crippen molar-refractivity contribution in [1.29, 1.82) is 0 Å². The first kappa shape index (κ1) is 11.7. The van der Waals surface area contributed by atoms with E-state index in [0.29, 0.717) is 12.5 Å². The number of nitrogens with zero attached hydrogens (tertiary/aromatic N) is 1. The first-order valence-corrected chi connectivity index (χ1v) is 7.13. The van der Waals surface area contributed by atoms with E-state index in [1.54, 1.807) is 11.3 Å². The zero-order valence-corrected chi connectivity index (χ0v) is 11.0. The van der Waals surface area contributed by atoms with E-state index in [4.69, 9.17) is 5.73 Å². The van der Waals surface area contributed by atoms with E-state index in [0.717, 1.165) is 30.5 Å². The number of fused-ring (bicyclic) bond motifs is 1. The van der Waals surface area contributed by atoms with Gasteiger partial charge in [-0.25, -0.2) is 0 Å². The number of carbonyl (C=O) groups is 1. The topological polar surface area (TPSA) is 46.3 Å². The molecule has 0 aliphatic carbocycles. The number of rotatable bonds is 2. The summed E-state index contributed by atoms with van der Waals surface area (Å²) in [6.45, 7) is 2.32. The summed E-state index contributed by atoms with van der Waals surface area (Å²) in [5.41, 5.74) is 6.51. The number of hydrogen-bond donors (Lipinski definition) is 1. The number of nitrogens with two attached hydrogens (primary N) is 1. The Labute approximate surface area is 110 Å². The Hall–Kier alpha value is -1.39. The Morgan fingerprint density at radius 3 is 3.06 bits per heavy atom. The van der Waals surface area contributed by atoms with Crippen LogP contribution in [0.2, 0.25) is 0 Å². The third kappa shape index (κ3) is 1.91. The fraction of sp³-hybridized carbons (Fsp3) is 0.357. The van der Waals surface area contributed by atoms with Crippen molar-refractivity contribution in [1.82, 2.24) is 4.90 Å². The molecule has 3 rings (SSSR count). The fourth-order valence-electron chi connectivity index (χ4n) is 2.52. The van der Waals surface area contributed by atoms with E-state index in [-0.39, 0.29) is 5.91 Å². The maximum atomic E-state index is 12.5. The second-order valence-electron chi connectivity index (χ2n) is 4.79. The SMILES string of the molecule is NC[C@@H]1CCN(C(=O)c2csc3ccccc23)C1. The van der Waals surface area contributed by atoms with Gasteiger partial charge in [-0.1, -0.05) is 18.2 Å². The van der Waals surface area contributed by atoms with Crippen LogP contribution in [-0.4, -0.2) is 30.4 Å². The van der Waals surface area contributed by atoms with Gasteiger partial charge in [0.05, 0.1) is 5.56 Å². The van der Waals surface area contributed by atoms with Gasteiger partial charge in [0.1, 0.15) is 0 Å². The van der Waals surface area contributed by atoms with Gasteiger partial charge in [0.2, 0.25) is 0 Å². The van der Waals surface area contributed by atoms with Crippen LogP contribution < -0.4 is 5.73 Å². The van der Waals surface area contributed by atoms with Crippen molar-refractivity contribution in [2.24, 2.45) is 11.7 Å². The van der Waals surface area contributed by atoms with E-state index < -0.39 is 0 Å². The summed E-state index contributed by atoms with van der Waals surface area (Å²) in [6, 6.07) is 8.07. The molecule has 0 saturated carbocycles. The standard InChI is InChI=1S/C14H16N2OS/c15-7-10-5-6-16(8-10)14(17)12-9-18-13-4-2-1-3-11(12)13/h1-4,9-10H,5-8,15H2/t10-/m0/s1. The highest BCUT2D eigenvalue weighted by atomic mass is 32.1. The molecule has 2 aromatic rings. The molecule has 1 aliphatic rings. The summed E-state index contributed by atoms with van der Waals surface area (Å²) >= 11 is 1.64. The number of likely N-dealkylation sites (tertiary alicyclic amines) is 1. The fourth-order valence-corrected chi connectivity index (χ4v) is 3.46. The Morgan fingerprint density at radius 2 is 2.28 bits per heavy atom. The molecule has 3 nitrogen and oxygen atoms in total. The van der Waals surface area contributed by atoms with Crippen molar-refractivity contribution in [3.8, 4) is 0 Å². The molecule has 1 atom stereocenters. The van der Waals surface area contributed by atoms with Crippen LogP contribution in [0.5, 0.6) is 0 Å². The second kappa shape index (κ2) is 4.71. The van der Waals surface area contributed by atoms with Crippen LogP contribution in [0.1, 0.15) is 16.8 Å². The molecule has 94 valence electrons. The number of thiophene rings is 1. The molecule has 0 radical (unpaired) electrons. The molecular formula is C14H16N2OS. The summed E-state index contributed by atoms with van der Waals surface area (Å²) < 4.78 is 1.18. The minimum absolute atomic E-state index is 0.156. The minimum Gasteiger partial charge on any atom is -0.338 e. The van der Waals surface area contributed by atoms with E-state index in [9.17, 15) is 4.79 Å². The first-order chi connectivity index (χ1) is 8.79. The van der Waals surface area contributed by atoms with Crippen molar-refractivity contribution in [3.63, 3.8) is 0 Å². The second-order valence-corrected chi connectivity index (χ2v) is 5.70. The number of hydrogen-bond acceptors (Lipinski definition) is 3. The number of carbonyl (C=O) groups excluding carboxylic acids is 1. The van der Waals surface area contributed by atoms with Gasteiger partial charge >= 0.3 is 0 Å². The maximum absolute atomic E-state index is 12.5. The summed E-state index contributed by atoms with van der Waals surface area (Å²) in [4.78, 5) is 14.4. The quantitative estimate of drug-likeness (QED) is 0.900. The predicted molar refractivity (Wildman–Crippen MR) is 74.9 cm³/mol. The van der Waals surface area contributed by atoms with Gasteiger partial charge in [-0.15, -0.1) is 11.3 Å². The monoisotopic (exact) mass is 260 g/mol. The van der Waals surface area contributed by atoms with Gasteiger partial charge in [0.25, 0.3) is 5.91 Å². The van der Waals surface area contributed by atoms with E-state index in [1.165, 1.54) is 4.70 Å². The van der Waals surface area contributed by atoms with Crippen LogP contribution in [0.3, 0.4) is 0 Å². The van der Waals surface area contributed by atoms with Crippen LogP contribution in [0.25, 0.3) is 10.1 Å². The Morgan fingerprint density at radius 1 is 1.44 bits per heavy atom. The summed E-state index contributed by atoms with van der Waals surface area (Å²) in [7, 11) is 0. The highest BCUT2D eigenvalue weighted by Crippen LogP contribution is 2.28. The Balaban J connectivity index is 1.89. The maximum Gasteiger partial charge on any atom is 0.255 e. The predicted octanol–water partition coefficient (Wildman–Crippen LogP) is 2.32. The molecule has 1 aromatic carbocycles. The lowest BCUT2D eigenvalue weighted by molar-refractivity contribution is 0.0790. The zero-order valence-electron chi connectivity index (χ0n) is 10.1. The summed E-state index contributed by atoms with van der Waals surface area (Å²) in [5.74, 6) is 0.627. The molecule has 1 aliphatic heterocycles. The highest BCUT2D eigenvalue weighted by molar-refractivity contribution is 7.17. The van der Waals surface area contributed by atoms with Crippen molar-refractivity contribution >= 4 is 27.3 Å². The number of amides is 1. The van der Waals surface area contributed by atoms with Crippen LogP contribution >= 0.6 is 11.3 Å². The van der Waals surface area contributed by atoms with Crippen molar-refractivity contribution in [2.45, 2.75) is 6.42 Å². The Kier molecular flexibility index (Phi) is 3.06. The van der Waals surface area contributed by atoms with Crippen molar-refractivity contribution < 1.29 is 4.79 Å². The lowest BCUT2D eigenvalue weighted by atomic mass is 10.1. The van der Waals surface area contributed by atoms with Crippen molar-refractivity contribution in [3.05, 3.63) is 35.2 Å². The van der Waals surface area contributed by atoms with Crippen molar-refractivity contribution in [2.75, 3.05) is 19.6 Å². The molecule has 2 heterocycles. The highest BCUT2D eigenvalue weighted by Gasteiger charge is 2.27. The molecule has 4 heteroatoms. The normalized spacial score (nSPS) is 19.6. The third-order valence-electron chi connectivity index (χ3n) is 3.62. The average Bonchev–Trinajstić information content (AvgIpc) is 3.04. The van der Waals surface area contributed by atoms with Crippen LogP contribution in [-0.2, 0) is 0 Å². The summed E-state index contributed by atoms with van der Waals surface area (Å²) in [5, 5.41) is 3.05. The molecule has 1 amide bonds. The minimum atomic E-state index is 0.156. The lowest BCUT2D eigenvalue weighted by Crippen LogP contribution is -2.29. The van der Waals surface area contributed by atoms with Crippen LogP contribution in [0.15, 0.2) is 29.6 Å². The zero-order chi connectivity index (χ0) is 12.5. The molecule has 1 aromatic heterocycles. The molecule has 1 saturated heterocycles. The van der Waals surface area contributed by atoms with Crippen LogP contribution in [0, 0.1) is 5.92 Å². The Bertz CT molecular complexity index is 578. The van der Waals surface area contributed by atoms with E-state index in [1.807, 2.05) is 28.5 Å². The molecule has 0 spiro atoms. The largest absolute Gasteiger partial charge is 0.338 e. The van der Waals surface area contributed by atoms with E-state index in [2.05, 4.69) is 6.07 Å². The first-order valence-electron chi connectivity index (χ1n) is 6.25. The van der Waals surface area contributed by atoms with Gasteiger partial charge in [-0.2, -0.15) is 0 Å². The molecular weight excluding hydrogens is 244 g/mol. The number of benzene rings is 1. The molecule has 18 heavy (non-hydrogen) atoms. The van der Waals surface area contributed by atoms with E-state index >= 15 is 0 Å². The molecule has 0 bridgehead atoms. The van der Waals surface area contributed by atoms with Gasteiger partial charge in [0, 0.05) is 28.6 Å². The molecule has 0 unspecified atom stereocenters. The van der Waals surface area contributed by atoms with Gasteiger partial charge < -0.3 is 10.6 Å². The van der Waals surface area contributed by atoms with Gasteiger partial charge in [-0.3, -0.25) is 4.79 Å². The third-order valence-corrected chi connectivity index (χ3v) is 4.58.